The summed E-state index contributed by atoms with van der Waals surface area (Å²) >= 11 is 0. The summed E-state index contributed by atoms with van der Waals surface area (Å²) in [5.74, 6) is -0.844. The molecule has 8 nitrogen and oxygen atoms in total. The number of urea groups is 1. The fraction of sp³-hybridized carbons (Fsp3) is 0.292. The number of hydrogen-bond donors (Lipinski definition) is 3. The van der Waals surface area contributed by atoms with Gasteiger partial charge in [0.25, 0.3) is 11.8 Å². The summed E-state index contributed by atoms with van der Waals surface area (Å²) in [4.78, 5) is 38.4. The maximum atomic E-state index is 13.3. The molecule has 0 aliphatic carbocycles. The van der Waals surface area contributed by atoms with Crippen molar-refractivity contribution in [1.82, 2.24) is 15.7 Å². The van der Waals surface area contributed by atoms with Crippen LogP contribution in [-0.2, 0) is 21.7 Å². The first kappa shape index (κ1) is 23.0. The Labute approximate surface area is 186 Å². The topological polar surface area (TPSA) is 108 Å². The number of nitrogens with zero attached hydrogens (tertiary/aromatic N) is 1. The highest BCUT2D eigenvalue weighted by Gasteiger charge is 2.54. The van der Waals surface area contributed by atoms with E-state index in [1.165, 1.54) is 18.5 Å². The molecule has 4 amide bonds. The minimum Gasteiger partial charge on any atom is -0.489 e. The average Bonchev–Trinajstić information content (AvgIpc) is 3.01. The second-order valence-corrected chi connectivity index (χ2v) is 7.96. The SMILES string of the molecule is C=CC[C@]1(c2ccc(OCc3cc(C)cc(C)c3)cc2)NC(=O)N(C(C)C(=O)NO)C1=O. The molecule has 1 fully saturated rings. The molecule has 0 saturated carbocycles. The Morgan fingerprint density at radius 1 is 1.22 bits per heavy atom. The lowest BCUT2D eigenvalue weighted by Gasteiger charge is -2.27. The molecule has 0 bridgehead atoms. The second kappa shape index (κ2) is 9.23. The number of ether oxygens (including phenoxy) is 1. The van der Waals surface area contributed by atoms with Crippen LogP contribution >= 0.6 is 0 Å². The number of hydroxylamine groups is 1. The molecule has 1 aliphatic rings. The first-order chi connectivity index (χ1) is 15.2. The number of carbonyl (C=O) groups is 3. The smallest absolute Gasteiger partial charge is 0.326 e. The number of rotatable bonds is 8. The van der Waals surface area contributed by atoms with Crippen LogP contribution in [-0.4, -0.2) is 34.0 Å². The standard InChI is InChI=1S/C24H27N3O5/c1-5-10-24(22(29)27(23(30)25-24)17(4)21(28)26-31)19-6-8-20(9-7-19)32-14-18-12-15(2)11-16(3)13-18/h5-9,11-13,17,31H,1,10,14H2,2-4H3,(H,25,30)(H,26,28)/t17?,24-/m1/s1. The van der Waals surface area contributed by atoms with Crippen LogP contribution in [0, 0.1) is 13.8 Å². The quantitative estimate of drug-likeness (QED) is 0.255. The van der Waals surface area contributed by atoms with E-state index in [-0.39, 0.29) is 6.42 Å². The predicted molar refractivity (Wildman–Crippen MR) is 118 cm³/mol. The summed E-state index contributed by atoms with van der Waals surface area (Å²) < 4.78 is 5.88. The van der Waals surface area contributed by atoms with E-state index >= 15 is 0 Å². The number of imide groups is 1. The highest BCUT2D eigenvalue weighted by Crippen LogP contribution is 2.35. The van der Waals surface area contributed by atoms with Gasteiger partial charge >= 0.3 is 6.03 Å². The van der Waals surface area contributed by atoms with Crippen LogP contribution in [0.2, 0.25) is 0 Å². The minimum absolute atomic E-state index is 0.129. The lowest BCUT2D eigenvalue weighted by molar-refractivity contribution is -0.141. The fourth-order valence-electron chi connectivity index (χ4n) is 3.98. The molecule has 168 valence electrons. The van der Waals surface area contributed by atoms with Crippen LogP contribution in [0.5, 0.6) is 5.75 Å². The van der Waals surface area contributed by atoms with E-state index in [0.717, 1.165) is 21.6 Å². The first-order valence-corrected chi connectivity index (χ1v) is 10.2. The van der Waals surface area contributed by atoms with Gasteiger partial charge in [0.05, 0.1) is 0 Å². The summed E-state index contributed by atoms with van der Waals surface area (Å²) in [6, 6.07) is 11.2. The zero-order valence-corrected chi connectivity index (χ0v) is 18.3. The Hall–Kier alpha value is -3.65. The van der Waals surface area contributed by atoms with Gasteiger partial charge in [-0.1, -0.05) is 47.5 Å². The van der Waals surface area contributed by atoms with Crippen molar-refractivity contribution >= 4 is 17.8 Å². The second-order valence-electron chi connectivity index (χ2n) is 7.96. The van der Waals surface area contributed by atoms with Crippen molar-refractivity contribution in [1.29, 1.82) is 0 Å². The molecule has 0 aromatic heterocycles. The van der Waals surface area contributed by atoms with Gasteiger partial charge in [-0.3, -0.25) is 14.8 Å². The molecule has 3 rings (SSSR count). The molecule has 2 atom stereocenters. The number of benzene rings is 2. The van der Waals surface area contributed by atoms with Gasteiger partial charge in [-0.25, -0.2) is 15.2 Å². The third-order valence-corrected chi connectivity index (χ3v) is 5.48. The zero-order chi connectivity index (χ0) is 23.5. The highest BCUT2D eigenvalue weighted by molar-refractivity contribution is 6.10. The number of carbonyl (C=O) groups excluding carboxylic acids is 3. The summed E-state index contributed by atoms with van der Waals surface area (Å²) in [6.45, 7) is 9.53. The van der Waals surface area contributed by atoms with Crippen molar-refractivity contribution in [3.8, 4) is 5.75 Å². The lowest BCUT2D eigenvalue weighted by atomic mass is 9.86. The van der Waals surface area contributed by atoms with Crippen LogP contribution in [0.4, 0.5) is 4.79 Å². The molecule has 1 aliphatic heterocycles. The molecule has 0 spiro atoms. The maximum absolute atomic E-state index is 13.3. The molecule has 1 unspecified atom stereocenters. The molecule has 2 aromatic rings. The van der Waals surface area contributed by atoms with Crippen LogP contribution < -0.4 is 15.5 Å². The van der Waals surface area contributed by atoms with E-state index in [1.807, 2.05) is 13.8 Å². The fourth-order valence-corrected chi connectivity index (χ4v) is 3.98. The molecule has 3 N–H and O–H groups in total. The summed E-state index contributed by atoms with van der Waals surface area (Å²) in [6.07, 6.45) is 1.66. The molecule has 2 aromatic carbocycles. The monoisotopic (exact) mass is 437 g/mol. The van der Waals surface area contributed by atoms with Gasteiger partial charge < -0.3 is 10.1 Å². The van der Waals surface area contributed by atoms with E-state index in [2.05, 4.69) is 30.1 Å². The van der Waals surface area contributed by atoms with E-state index in [0.29, 0.717) is 17.9 Å². The Balaban J connectivity index is 1.82. The van der Waals surface area contributed by atoms with E-state index in [4.69, 9.17) is 9.94 Å². The van der Waals surface area contributed by atoms with Crippen LogP contribution in [0.1, 0.15) is 35.6 Å². The Kier molecular flexibility index (Phi) is 6.64. The molecule has 8 heteroatoms. The number of nitrogens with one attached hydrogen (secondary N) is 2. The Morgan fingerprint density at radius 2 is 1.84 bits per heavy atom. The van der Waals surface area contributed by atoms with Gasteiger partial charge in [-0.2, -0.15) is 0 Å². The normalized spacial score (nSPS) is 18.8. The third kappa shape index (κ3) is 4.36. The van der Waals surface area contributed by atoms with Gasteiger partial charge in [0.15, 0.2) is 0 Å². The third-order valence-electron chi connectivity index (χ3n) is 5.48. The Morgan fingerprint density at radius 3 is 2.41 bits per heavy atom. The first-order valence-electron chi connectivity index (χ1n) is 10.2. The molecule has 0 radical (unpaired) electrons. The van der Waals surface area contributed by atoms with Gasteiger partial charge in [0.1, 0.15) is 23.9 Å². The van der Waals surface area contributed by atoms with Crippen LogP contribution in [0.3, 0.4) is 0 Å². The van der Waals surface area contributed by atoms with Gasteiger partial charge in [-0.15, -0.1) is 6.58 Å². The predicted octanol–water partition coefficient (Wildman–Crippen LogP) is 3.10. The van der Waals surface area contributed by atoms with E-state index in [9.17, 15) is 14.4 Å². The van der Waals surface area contributed by atoms with Crippen molar-refractivity contribution in [3.63, 3.8) is 0 Å². The number of hydrogen-bond acceptors (Lipinski definition) is 5. The van der Waals surface area contributed by atoms with Crippen molar-refractivity contribution in [2.24, 2.45) is 0 Å². The molecule has 1 saturated heterocycles. The van der Waals surface area contributed by atoms with Gasteiger partial charge in [0.2, 0.25) is 0 Å². The number of amides is 4. The van der Waals surface area contributed by atoms with Crippen LogP contribution in [0.15, 0.2) is 55.1 Å². The van der Waals surface area contributed by atoms with Crippen molar-refractivity contribution in [3.05, 3.63) is 77.4 Å². The largest absolute Gasteiger partial charge is 0.489 e. The Bertz CT molecular complexity index is 1030. The number of aryl methyl sites for hydroxylation is 2. The average molecular weight is 437 g/mol. The highest BCUT2D eigenvalue weighted by atomic mass is 16.5. The van der Waals surface area contributed by atoms with Crippen molar-refractivity contribution in [2.45, 2.75) is 45.4 Å². The molecular weight excluding hydrogens is 410 g/mol. The summed E-state index contributed by atoms with van der Waals surface area (Å²) in [5.41, 5.74) is 3.99. The molecular formula is C24H27N3O5. The maximum Gasteiger partial charge on any atom is 0.326 e. The van der Waals surface area contributed by atoms with Crippen molar-refractivity contribution < 1.29 is 24.3 Å². The van der Waals surface area contributed by atoms with Gasteiger partial charge in [-0.05, 0) is 44.0 Å². The van der Waals surface area contributed by atoms with E-state index in [1.54, 1.807) is 24.3 Å². The van der Waals surface area contributed by atoms with E-state index < -0.39 is 29.4 Å². The minimum atomic E-state index is -1.39. The summed E-state index contributed by atoms with van der Waals surface area (Å²) in [7, 11) is 0. The van der Waals surface area contributed by atoms with Crippen LogP contribution in [0.25, 0.3) is 0 Å². The van der Waals surface area contributed by atoms with Crippen molar-refractivity contribution in [2.75, 3.05) is 0 Å². The zero-order valence-electron chi connectivity index (χ0n) is 18.3. The molecule has 1 heterocycles. The van der Waals surface area contributed by atoms with Gasteiger partial charge in [0, 0.05) is 6.42 Å². The molecule has 32 heavy (non-hydrogen) atoms. The summed E-state index contributed by atoms with van der Waals surface area (Å²) in [5, 5.41) is 11.6. The lowest BCUT2D eigenvalue weighted by Crippen LogP contribution is -2.49.